The number of ether oxygens (including phenoxy) is 1. The molecule has 5 heteroatoms. The first kappa shape index (κ1) is 33.1. The number of aromatic nitrogens is 3. The Labute approximate surface area is 344 Å². The molecule has 2 aromatic heterocycles. The summed E-state index contributed by atoms with van der Waals surface area (Å²) in [5.41, 5.74) is 7.57. The molecule has 2 unspecified atom stereocenters. The molecule has 0 N–H and O–H groups in total. The van der Waals surface area contributed by atoms with Crippen LogP contribution in [0.2, 0.25) is 0 Å². The zero-order chi connectivity index (χ0) is 39.3. The van der Waals surface area contributed by atoms with Gasteiger partial charge in [0, 0.05) is 39.0 Å². The van der Waals surface area contributed by atoms with E-state index in [-0.39, 0.29) is 12.0 Å². The average Bonchev–Trinajstić information content (AvgIpc) is 3.88. The molecule has 0 bridgehead atoms. The standard InChI is InChI=1S/C55H33N3O2/c1-2-12-32(13-3-1)53-56-54(36-23-25-44-43-20-10-11-21-48(43)59-49(44)30-36)58-55(57-53)47-28-37(31-51-52(47)46-27-33-14-4-5-15-34(33)29-50(46)60-51)35-22-24-42-40-18-7-6-16-38(40)39-17-8-9-19-41(39)45(42)26-35/h1-31,44,49H. The Balaban J connectivity index is 1.06. The first-order valence-corrected chi connectivity index (χ1v) is 20.4. The number of furan rings is 1. The van der Waals surface area contributed by atoms with E-state index in [0.717, 1.165) is 66.3 Å². The second-order valence-electron chi connectivity index (χ2n) is 15.8. The van der Waals surface area contributed by atoms with Gasteiger partial charge in [0.15, 0.2) is 17.5 Å². The molecule has 2 atom stereocenters. The molecule has 0 saturated carbocycles. The Morgan fingerprint density at radius 2 is 1.08 bits per heavy atom. The van der Waals surface area contributed by atoms with Crippen molar-refractivity contribution >= 4 is 70.6 Å². The van der Waals surface area contributed by atoms with Crippen LogP contribution in [0.5, 0.6) is 5.75 Å². The van der Waals surface area contributed by atoms with Crippen LogP contribution in [0.15, 0.2) is 193 Å². The molecule has 1 aliphatic heterocycles. The van der Waals surface area contributed by atoms with Crippen LogP contribution in [0.4, 0.5) is 0 Å². The average molecular weight is 768 g/mol. The molecule has 2 aliphatic rings. The smallest absolute Gasteiger partial charge is 0.164 e. The number of allylic oxidation sites excluding steroid dienone is 2. The van der Waals surface area contributed by atoms with Crippen LogP contribution in [-0.2, 0) is 0 Å². The quantitative estimate of drug-likeness (QED) is 0.167. The molecule has 0 amide bonds. The lowest BCUT2D eigenvalue weighted by molar-refractivity contribution is 0.269. The van der Waals surface area contributed by atoms with Crippen molar-refractivity contribution in [1.29, 1.82) is 0 Å². The molecule has 0 radical (unpaired) electrons. The third-order valence-electron chi connectivity index (χ3n) is 12.4. The first-order valence-electron chi connectivity index (χ1n) is 20.4. The second-order valence-corrected chi connectivity index (χ2v) is 15.8. The Kier molecular flexibility index (Phi) is 7.07. The zero-order valence-corrected chi connectivity index (χ0v) is 32.2. The molecule has 3 heterocycles. The highest BCUT2D eigenvalue weighted by atomic mass is 16.5. The summed E-state index contributed by atoms with van der Waals surface area (Å²) in [4.78, 5) is 15.8. The predicted octanol–water partition coefficient (Wildman–Crippen LogP) is 13.9. The summed E-state index contributed by atoms with van der Waals surface area (Å²) in [7, 11) is 0. The van der Waals surface area contributed by atoms with E-state index < -0.39 is 0 Å². The monoisotopic (exact) mass is 767 g/mol. The molecule has 9 aromatic carbocycles. The molecular weight excluding hydrogens is 735 g/mol. The Bertz CT molecular complexity index is 3620. The summed E-state index contributed by atoms with van der Waals surface area (Å²) in [5.74, 6) is 2.83. The van der Waals surface area contributed by atoms with Gasteiger partial charge < -0.3 is 9.15 Å². The SMILES string of the molecule is C1=CC2c3ccccc3OC2C=C1c1nc(-c2ccccc2)nc(-c2cc(-c3ccc4c5ccccc5c5ccccc5c4c3)cc3oc4cc5ccccc5cc4c23)n1. The third kappa shape index (κ3) is 5.09. The highest BCUT2D eigenvalue weighted by molar-refractivity contribution is 6.26. The molecule has 0 saturated heterocycles. The van der Waals surface area contributed by atoms with E-state index in [0.29, 0.717) is 17.5 Å². The van der Waals surface area contributed by atoms with Crippen molar-refractivity contribution in [2.24, 2.45) is 0 Å². The number of nitrogens with zero attached hydrogens (tertiary/aromatic N) is 3. The highest BCUT2D eigenvalue weighted by Crippen LogP contribution is 2.45. The van der Waals surface area contributed by atoms with Crippen molar-refractivity contribution in [2.45, 2.75) is 12.0 Å². The van der Waals surface area contributed by atoms with Crippen molar-refractivity contribution in [3.8, 4) is 39.7 Å². The fourth-order valence-electron chi connectivity index (χ4n) is 9.56. The van der Waals surface area contributed by atoms with E-state index in [1.165, 1.54) is 37.9 Å². The summed E-state index contributed by atoms with van der Waals surface area (Å²) in [6.45, 7) is 0. The van der Waals surface area contributed by atoms with Crippen molar-refractivity contribution < 1.29 is 9.15 Å². The van der Waals surface area contributed by atoms with Crippen LogP contribution >= 0.6 is 0 Å². The van der Waals surface area contributed by atoms with Gasteiger partial charge in [0.1, 0.15) is 23.0 Å². The van der Waals surface area contributed by atoms with Crippen LogP contribution in [-0.4, -0.2) is 21.1 Å². The van der Waals surface area contributed by atoms with Crippen LogP contribution in [0.25, 0.3) is 105 Å². The minimum atomic E-state index is -0.148. The minimum absolute atomic E-state index is 0.139. The van der Waals surface area contributed by atoms with E-state index >= 15 is 0 Å². The third-order valence-corrected chi connectivity index (χ3v) is 12.4. The number of para-hydroxylation sites is 1. The largest absolute Gasteiger partial charge is 0.485 e. The molecule has 1 aliphatic carbocycles. The van der Waals surface area contributed by atoms with Crippen molar-refractivity contribution in [3.05, 3.63) is 199 Å². The Morgan fingerprint density at radius 3 is 1.88 bits per heavy atom. The van der Waals surface area contributed by atoms with Gasteiger partial charge in [0.2, 0.25) is 0 Å². The molecule has 13 rings (SSSR count). The van der Waals surface area contributed by atoms with Crippen molar-refractivity contribution in [1.82, 2.24) is 15.0 Å². The predicted molar refractivity (Wildman–Crippen MR) is 244 cm³/mol. The number of fused-ring (bicyclic) bond motifs is 13. The van der Waals surface area contributed by atoms with Gasteiger partial charge in [-0.05, 0) is 96.7 Å². The Hall–Kier alpha value is -7.89. The second kappa shape index (κ2) is 12.8. The normalized spacial score (nSPS) is 15.8. The number of rotatable bonds is 4. The van der Waals surface area contributed by atoms with Gasteiger partial charge in [-0.15, -0.1) is 0 Å². The number of hydrogen-bond acceptors (Lipinski definition) is 5. The lowest BCUT2D eigenvalue weighted by atomic mass is 9.89. The van der Waals surface area contributed by atoms with Crippen LogP contribution in [0.1, 0.15) is 17.3 Å². The molecule has 0 spiro atoms. The summed E-state index contributed by atoms with van der Waals surface area (Å²) in [6, 6.07) is 59.9. The topological polar surface area (TPSA) is 61.0 Å². The fraction of sp³-hybridized carbons (Fsp3) is 0.0364. The van der Waals surface area contributed by atoms with Crippen molar-refractivity contribution in [3.63, 3.8) is 0 Å². The van der Waals surface area contributed by atoms with Crippen molar-refractivity contribution in [2.75, 3.05) is 0 Å². The fourth-order valence-corrected chi connectivity index (χ4v) is 9.56. The maximum absolute atomic E-state index is 6.83. The van der Waals surface area contributed by atoms with Gasteiger partial charge in [-0.3, -0.25) is 0 Å². The van der Waals surface area contributed by atoms with E-state index in [2.05, 4.69) is 158 Å². The molecule has 11 aromatic rings. The lowest BCUT2D eigenvalue weighted by Gasteiger charge is -2.18. The summed E-state index contributed by atoms with van der Waals surface area (Å²) in [6.07, 6.45) is 6.37. The summed E-state index contributed by atoms with van der Waals surface area (Å²) >= 11 is 0. The van der Waals surface area contributed by atoms with Crippen LogP contribution in [0, 0.1) is 0 Å². The van der Waals surface area contributed by atoms with Gasteiger partial charge >= 0.3 is 0 Å². The van der Waals surface area contributed by atoms with E-state index in [1.54, 1.807) is 0 Å². The van der Waals surface area contributed by atoms with Gasteiger partial charge in [-0.25, -0.2) is 15.0 Å². The van der Waals surface area contributed by atoms with E-state index in [1.807, 2.05) is 30.3 Å². The van der Waals surface area contributed by atoms with E-state index in [9.17, 15) is 0 Å². The maximum atomic E-state index is 6.83. The molecule has 5 nitrogen and oxygen atoms in total. The molecule has 60 heavy (non-hydrogen) atoms. The zero-order valence-electron chi connectivity index (χ0n) is 32.2. The highest BCUT2D eigenvalue weighted by Gasteiger charge is 2.34. The lowest BCUT2D eigenvalue weighted by Crippen LogP contribution is -2.18. The summed E-state index contributed by atoms with van der Waals surface area (Å²) < 4.78 is 13.3. The van der Waals surface area contributed by atoms with Crippen LogP contribution in [0.3, 0.4) is 0 Å². The number of benzene rings is 9. The van der Waals surface area contributed by atoms with Crippen LogP contribution < -0.4 is 4.74 Å². The van der Waals surface area contributed by atoms with Gasteiger partial charge in [-0.2, -0.15) is 0 Å². The Morgan fingerprint density at radius 1 is 0.433 bits per heavy atom. The molecule has 0 fully saturated rings. The van der Waals surface area contributed by atoms with Gasteiger partial charge in [0.05, 0.1) is 0 Å². The van der Waals surface area contributed by atoms with E-state index in [4.69, 9.17) is 24.1 Å². The molecule has 280 valence electrons. The minimum Gasteiger partial charge on any atom is -0.485 e. The maximum Gasteiger partial charge on any atom is 0.164 e. The van der Waals surface area contributed by atoms with Gasteiger partial charge in [-0.1, -0.05) is 146 Å². The molecular formula is C55H33N3O2. The first-order chi connectivity index (χ1) is 29.7. The summed E-state index contributed by atoms with van der Waals surface area (Å²) in [5, 5.41) is 11.7. The van der Waals surface area contributed by atoms with Gasteiger partial charge in [0.25, 0.3) is 0 Å². The number of hydrogen-bond donors (Lipinski definition) is 0.